The lowest BCUT2D eigenvalue weighted by Gasteiger charge is -2.11. The molecule has 0 amide bonds. The quantitative estimate of drug-likeness (QED) is 0.526. The van der Waals surface area contributed by atoms with E-state index in [1.165, 1.54) is 0 Å². The molecule has 0 aliphatic rings. The number of ether oxygens (including phenoxy) is 2. The van der Waals surface area contributed by atoms with E-state index in [1.54, 1.807) is 13.2 Å². The number of aliphatic carboxylic acids is 1. The van der Waals surface area contributed by atoms with Gasteiger partial charge in [0.1, 0.15) is 6.61 Å². The van der Waals surface area contributed by atoms with Crippen LogP contribution in [0, 0.1) is 0 Å². The van der Waals surface area contributed by atoms with Crippen molar-refractivity contribution in [2.24, 2.45) is 0 Å². The van der Waals surface area contributed by atoms with Gasteiger partial charge in [-0.1, -0.05) is 18.7 Å². The maximum Gasteiger partial charge on any atom is 0.304 e. The molecule has 0 atom stereocenters. The van der Waals surface area contributed by atoms with Gasteiger partial charge in [-0.25, -0.2) is 0 Å². The SMILES string of the molecule is C=CCOc1ccc(CNCCC(=O)O)cc1OC. The van der Waals surface area contributed by atoms with Gasteiger partial charge in [0.25, 0.3) is 0 Å². The van der Waals surface area contributed by atoms with Gasteiger partial charge in [0, 0.05) is 13.1 Å². The van der Waals surface area contributed by atoms with Crippen molar-refractivity contribution in [2.45, 2.75) is 13.0 Å². The summed E-state index contributed by atoms with van der Waals surface area (Å²) in [7, 11) is 1.58. The van der Waals surface area contributed by atoms with Crippen LogP contribution >= 0.6 is 0 Å². The highest BCUT2D eigenvalue weighted by molar-refractivity contribution is 5.66. The normalized spacial score (nSPS) is 9.95. The van der Waals surface area contributed by atoms with Gasteiger partial charge in [-0.3, -0.25) is 4.79 Å². The minimum atomic E-state index is -0.807. The van der Waals surface area contributed by atoms with Crippen LogP contribution in [0.4, 0.5) is 0 Å². The molecule has 0 unspecified atom stereocenters. The Morgan fingerprint density at radius 2 is 2.26 bits per heavy atom. The first-order chi connectivity index (χ1) is 9.17. The fourth-order valence-corrected chi connectivity index (χ4v) is 1.52. The lowest BCUT2D eigenvalue weighted by atomic mass is 10.2. The molecule has 1 aromatic rings. The summed E-state index contributed by atoms with van der Waals surface area (Å²) in [6.45, 7) is 5.04. The number of hydrogen-bond donors (Lipinski definition) is 2. The molecule has 0 spiro atoms. The van der Waals surface area contributed by atoms with Crippen LogP contribution in [0.5, 0.6) is 11.5 Å². The molecule has 0 heterocycles. The van der Waals surface area contributed by atoms with E-state index < -0.39 is 5.97 Å². The minimum absolute atomic E-state index is 0.109. The number of benzene rings is 1. The highest BCUT2D eigenvalue weighted by Gasteiger charge is 2.05. The van der Waals surface area contributed by atoms with Crippen LogP contribution in [0.2, 0.25) is 0 Å². The first-order valence-corrected chi connectivity index (χ1v) is 6.00. The summed E-state index contributed by atoms with van der Waals surface area (Å²) in [6, 6.07) is 5.61. The van der Waals surface area contributed by atoms with E-state index in [-0.39, 0.29) is 6.42 Å². The summed E-state index contributed by atoms with van der Waals surface area (Å²) < 4.78 is 10.7. The average Bonchev–Trinajstić information content (AvgIpc) is 2.41. The summed E-state index contributed by atoms with van der Waals surface area (Å²) in [6.07, 6.45) is 1.78. The third kappa shape index (κ3) is 5.44. The Morgan fingerprint density at radius 3 is 2.89 bits per heavy atom. The fraction of sp³-hybridized carbons (Fsp3) is 0.357. The Balaban J connectivity index is 2.55. The maximum atomic E-state index is 10.4. The Kier molecular flexibility index (Phi) is 6.46. The second kappa shape index (κ2) is 8.16. The Morgan fingerprint density at radius 1 is 1.47 bits per heavy atom. The van der Waals surface area contributed by atoms with Crippen molar-refractivity contribution in [3.8, 4) is 11.5 Å². The van der Waals surface area contributed by atoms with E-state index in [2.05, 4.69) is 11.9 Å². The maximum absolute atomic E-state index is 10.4. The van der Waals surface area contributed by atoms with Gasteiger partial charge in [-0.05, 0) is 17.7 Å². The summed E-state index contributed by atoms with van der Waals surface area (Å²) in [4.78, 5) is 10.4. The molecule has 5 heteroatoms. The molecule has 0 radical (unpaired) electrons. The fourth-order valence-electron chi connectivity index (χ4n) is 1.52. The van der Waals surface area contributed by atoms with Crippen molar-refractivity contribution in [3.05, 3.63) is 36.4 Å². The van der Waals surface area contributed by atoms with Gasteiger partial charge in [0.2, 0.25) is 0 Å². The van der Waals surface area contributed by atoms with E-state index in [0.717, 1.165) is 5.56 Å². The smallest absolute Gasteiger partial charge is 0.304 e. The van der Waals surface area contributed by atoms with Gasteiger partial charge < -0.3 is 19.9 Å². The molecule has 1 rings (SSSR count). The van der Waals surface area contributed by atoms with Crippen LogP contribution in [-0.4, -0.2) is 31.3 Å². The lowest BCUT2D eigenvalue weighted by molar-refractivity contribution is -0.136. The molecule has 0 saturated carbocycles. The number of nitrogens with one attached hydrogen (secondary N) is 1. The van der Waals surface area contributed by atoms with E-state index >= 15 is 0 Å². The van der Waals surface area contributed by atoms with Crippen molar-refractivity contribution in [2.75, 3.05) is 20.3 Å². The summed E-state index contributed by atoms with van der Waals surface area (Å²) >= 11 is 0. The van der Waals surface area contributed by atoms with E-state index in [0.29, 0.717) is 31.2 Å². The predicted molar refractivity (Wildman–Crippen MR) is 72.6 cm³/mol. The molecule has 0 bridgehead atoms. The molecule has 0 saturated heterocycles. The molecule has 104 valence electrons. The molecule has 0 fully saturated rings. The Hall–Kier alpha value is -2.01. The van der Waals surface area contributed by atoms with Crippen molar-refractivity contribution in [1.82, 2.24) is 5.32 Å². The zero-order valence-electron chi connectivity index (χ0n) is 11.0. The average molecular weight is 265 g/mol. The summed E-state index contributed by atoms with van der Waals surface area (Å²) in [5.41, 5.74) is 1.01. The first kappa shape index (κ1) is 15.0. The minimum Gasteiger partial charge on any atom is -0.493 e. The van der Waals surface area contributed by atoms with Crippen LogP contribution < -0.4 is 14.8 Å². The molecule has 0 aliphatic carbocycles. The zero-order valence-corrected chi connectivity index (χ0v) is 11.0. The lowest BCUT2D eigenvalue weighted by Crippen LogP contribution is -2.17. The third-order valence-electron chi connectivity index (χ3n) is 2.43. The van der Waals surface area contributed by atoms with Crippen molar-refractivity contribution in [3.63, 3.8) is 0 Å². The second-order valence-electron chi connectivity index (χ2n) is 3.91. The van der Waals surface area contributed by atoms with Gasteiger partial charge in [0.15, 0.2) is 11.5 Å². The van der Waals surface area contributed by atoms with Crippen molar-refractivity contribution < 1.29 is 19.4 Å². The predicted octanol–water partition coefficient (Wildman–Crippen LogP) is 1.82. The molecule has 0 aliphatic heterocycles. The van der Waals surface area contributed by atoms with Crippen molar-refractivity contribution >= 4 is 5.97 Å². The molecular formula is C14H19NO4. The highest BCUT2D eigenvalue weighted by Crippen LogP contribution is 2.27. The van der Waals surface area contributed by atoms with Crippen molar-refractivity contribution in [1.29, 1.82) is 0 Å². The molecule has 1 aromatic carbocycles. The molecule has 0 aromatic heterocycles. The van der Waals surface area contributed by atoms with E-state index in [1.807, 2.05) is 18.2 Å². The molecular weight excluding hydrogens is 246 g/mol. The Labute approximate surface area is 112 Å². The molecule has 5 nitrogen and oxygen atoms in total. The van der Waals surface area contributed by atoms with Gasteiger partial charge in [-0.15, -0.1) is 0 Å². The largest absolute Gasteiger partial charge is 0.493 e. The van der Waals surface area contributed by atoms with Gasteiger partial charge in [0.05, 0.1) is 13.5 Å². The number of carboxylic acids is 1. The zero-order chi connectivity index (χ0) is 14.1. The number of carboxylic acid groups (broad SMARTS) is 1. The summed E-state index contributed by atoms with van der Waals surface area (Å²) in [5, 5.41) is 11.6. The third-order valence-corrected chi connectivity index (χ3v) is 2.43. The monoisotopic (exact) mass is 265 g/mol. The number of hydrogen-bond acceptors (Lipinski definition) is 4. The van der Waals surface area contributed by atoms with E-state index in [4.69, 9.17) is 14.6 Å². The van der Waals surface area contributed by atoms with Gasteiger partial charge in [-0.2, -0.15) is 0 Å². The first-order valence-electron chi connectivity index (χ1n) is 6.00. The van der Waals surface area contributed by atoms with Crippen LogP contribution in [0.25, 0.3) is 0 Å². The van der Waals surface area contributed by atoms with Crippen LogP contribution in [0.15, 0.2) is 30.9 Å². The highest BCUT2D eigenvalue weighted by atomic mass is 16.5. The molecule has 2 N–H and O–H groups in total. The van der Waals surface area contributed by atoms with Crippen LogP contribution in [0.1, 0.15) is 12.0 Å². The number of methoxy groups -OCH3 is 1. The van der Waals surface area contributed by atoms with E-state index in [9.17, 15) is 4.79 Å². The standard InChI is InChI=1S/C14H19NO4/c1-3-8-19-12-5-4-11(9-13(12)18-2)10-15-7-6-14(16)17/h3-5,9,15H,1,6-8,10H2,2H3,(H,16,17). The number of carbonyl (C=O) groups is 1. The van der Waals surface area contributed by atoms with Gasteiger partial charge >= 0.3 is 5.97 Å². The summed E-state index contributed by atoms with van der Waals surface area (Å²) in [5.74, 6) is 0.509. The Bertz CT molecular complexity index is 431. The topological polar surface area (TPSA) is 67.8 Å². The molecule has 19 heavy (non-hydrogen) atoms. The van der Waals surface area contributed by atoms with Crippen LogP contribution in [0.3, 0.4) is 0 Å². The number of rotatable bonds is 9. The van der Waals surface area contributed by atoms with Crippen LogP contribution in [-0.2, 0) is 11.3 Å². The second-order valence-corrected chi connectivity index (χ2v) is 3.91.